The fourth-order valence-corrected chi connectivity index (χ4v) is 4.96. The van der Waals surface area contributed by atoms with E-state index in [1.807, 2.05) is 0 Å². The molecule has 0 aromatic carbocycles. The number of nitrogens with zero attached hydrogens (tertiary/aromatic N) is 4. The topological polar surface area (TPSA) is 139 Å². The van der Waals surface area contributed by atoms with Gasteiger partial charge >= 0.3 is 0 Å². The standard InChI is InChI=1S/C21H25F2N7O4/c22-16(23)13-1-15(24)25-2-14(13)17-26-18(20-7-31-3-11(29-20)4-32-8-20)28-19(27-17)21-9-33-5-12(30-21)6-34-10-21/h1-2,11-12,16,29-30H,3-10H2,(H2,24,25). The van der Waals surface area contributed by atoms with Crippen molar-refractivity contribution < 1.29 is 27.7 Å². The zero-order valence-corrected chi connectivity index (χ0v) is 18.3. The lowest BCUT2D eigenvalue weighted by atomic mass is 9.93. The van der Waals surface area contributed by atoms with E-state index in [0.29, 0.717) is 38.1 Å². The molecule has 182 valence electrons. The van der Waals surface area contributed by atoms with E-state index < -0.39 is 17.5 Å². The van der Waals surface area contributed by atoms with Crippen LogP contribution in [0, 0.1) is 0 Å². The second-order valence-electron chi connectivity index (χ2n) is 9.21. The molecule has 2 aromatic heterocycles. The van der Waals surface area contributed by atoms with E-state index in [-0.39, 0.29) is 61.3 Å². The molecule has 6 rings (SSSR count). The highest BCUT2D eigenvalue weighted by atomic mass is 19.3. The van der Waals surface area contributed by atoms with E-state index in [0.717, 1.165) is 6.07 Å². The number of nitrogen functional groups attached to an aromatic ring is 1. The summed E-state index contributed by atoms with van der Waals surface area (Å²) < 4.78 is 51.2. The van der Waals surface area contributed by atoms with Gasteiger partial charge < -0.3 is 24.7 Å². The van der Waals surface area contributed by atoms with Gasteiger partial charge in [-0.2, -0.15) is 0 Å². The molecule has 4 aliphatic rings. The summed E-state index contributed by atoms with van der Waals surface area (Å²) in [6.07, 6.45) is -1.53. The number of rotatable bonds is 4. The number of alkyl halides is 2. The zero-order valence-electron chi connectivity index (χ0n) is 18.3. The number of hydrogen-bond donors (Lipinski definition) is 3. The Balaban J connectivity index is 1.53. The second-order valence-corrected chi connectivity index (χ2v) is 9.21. The van der Waals surface area contributed by atoms with Gasteiger partial charge in [0.2, 0.25) is 0 Å². The van der Waals surface area contributed by atoms with Crippen molar-refractivity contribution in [2.24, 2.45) is 0 Å². The molecule has 4 N–H and O–H groups in total. The number of ether oxygens (including phenoxy) is 4. The summed E-state index contributed by atoms with van der Waals surface area (Å²) in [5, 5.41) is 7.04. The number of pyridine rings is 1. The number of halogens is 2. The third kappa shape index (κ3) is 3.72. The molecule has 6 heterocycles. The second kappa shape index (κ2) is 8.36. The molecule has 11 nitrogen and oxygen atoms in total. The molecule has 0 unspecified atom stereocenters. The predicted molar refractivity (Wildman–Crippen MR) is 113 cm³/mol. The van der Waals surface area contributed by atoms with Crippen molar-refractivity contribution in [2.45, 2.75) is 29.6 Å². The number of nitrogens with two attached hydrogens (primary N) is 1. The molecular weight excluding hydrogens is 452 g/mol. The first-order chi connectivity index (χ1) is 16.5. The zero-order chi connectivity index (χ0) is 23.3. The lowest BCUT2D eigenvalue weighted by molar-refractivity contribution is -0.112. The van der Waals surface area contributed by atoms with Crippen molar-refractivity contribution in [1.82, 2.24) is 30.6 Å². The van der Waals surface area contributed by atoms with Crippen molar-refractivity contribution >= 4 is 5.82 Å². The van der Waals surface area contributed by atoms with Gasteiger partial charge in [-0.3, -0.25) is 10.6 Å². The van der Waals surface area contributed by atoms with Crippen LogP contribution < -0.4 is 16.4 Å². The number of fused-ring (bicyclic) bond motifs is 4. The Labute approximate surface area is 193 Å². The molecule has 4 saturated heterocycles. The van der Waals surface area contributed by atoms with E-state index in [4.69, 9.17) is 29.7 Å². The van der Waals surface area contributed by atoms with Crippen LogP contribution in [0.5, 0.6) is 0 Å². The fourth-order valence-electron chi connectivity index (χ4n) is 4.96. The minimum atomic E-state index is -2.79. The average molecular weight is 477 g/mol. The monoisotopic (exact) mass is 477 g/mol. The van der Waals surface area contributed by atoms with E-state index in [1.165, 1.54) is 6.20 Å². The summed E-state index contributed by atoms with van der Waals surface area (Å²) in [5.41, 5.74) is 3.77. The van der Waals surface area contributed by atoms with Gasteiger partial charge in [0.25, 0.3) is 6.43 Å². The van der Waals surface area contributed by atoms with Gasteiger partial charge in [-0.05, 0) is 6.07 Å². The Kier molecular flexibility index (Phi) is 5.43. The molecule has 13 heteroatoms. The Morgan fingerprint density at radius 3 is 1.82 bits per heavy atom. The van der Waals surface area contributed by atoms with E-state index in [9.17, 15) is 8.78 Å². The van der Waals surface area contributed by atoms with Gasteiger partial charge in [-0.1, -0.05) is 0 Å². The molecule has 0 aliphatic carbocycles. The maximum absolute atomic E-state index is 13.9. The van der Waals surface area contributed by atoms with Crippen molar-refractivity contribution in [3.63, 3.8) is 0 Å². The Bertz CT molecular complexity index is 1020. The first kappa shape index (κ1) is 22.1. The highest BCUT2D eigenvalue weighted by molar-refractivity contribution is 5.62. The van der Waals surface area contributed by atoms with Gasteiger partial charge in [0.05, 0.1) is 64.9 Å². The maximum atomic E-state index is 13.9. The largest absolute Gasteiger partial charge is 0.384 e. The number of morpholine rings is 4. The van der Waals surface area contributed by atoms with Gasteiger partial charge in [-0.15, -0.1) is 0 Å². The molecule has 0 atom stereocenters. The fraction of sp³-hybridized carbons (Fsp3) is 0.619. The summed E-state index contributed by atoms with van der Waals surface area (Å²) in [5.74, 6) is 0.744. The van der Waals surface area contributed by atoms with E-state index >= 15 is 0 Å². The first-order valence-corrected chi connectivity index (χ1v) is 11.1. The number of anilines is 1. The average Bonchev–Trinajstić information content (AvgIpc) is 2.84. The summed E-state index contributed by atoms with van der Waals surface area (Å²) in [6, 6.07) is 1.08. The maximum Gasteiger partial charge on any atom is 0.264 e. The van der Waals surface area contributed by atoms with Crippen LogP contribution in [-0.4, -0.2) is 84.9 Å². The Hall–Kier alpha value is -2.42. The van der Waals surface area contributed by atoms with Crippen LogP contribution in [0.2, 0.25) is 0 Å². The van der Waals surface area contributed by atoms with Crippen molar-refractivity contribution in [2.75, 3.05) is 58.6 Å². The van der Waals surface area contributed by atoms with Crippen LogP contribution >= 0.6 is 0 Å². The van der Waals surface area contributed by atoms with Crippen LogP contribution in [0.25, 0.3) is 11.4 Å². The molecule has 0 saturated carbocycles. The summed E-state index contributed by atoms with van der Waals surface area (Å²) in [4.78, 5) is 18.1. The van der Waals surface area contributed by atoms with Crippen LogP contribution in [0.4, 0.5) is 14.6 Å². The quantitative estimate of drug-likeness (QED) is 0.543. The van der Waals surface area contributed by atoms with Crippen LogP contribution in [0.3, 0.4) is 0 Å². The minimum absolute atomic E-state index is 0.0116. The van der Waals surface area contributed by atoms with Gasteiger partial charge in [0.1, 0.15) is 16.9 Å². The molecule has 0 amide bonds. The Morgan fingerprint density at radius 2 is 1.35 bits per heavy atom. The van der Waals surface area contributed by atoms with E-state index in [1.54, 1.807) is 0 Å². The smallest absolute Gasteiger partial charge is 0.264 e. The van der Waals surface area contributed by atoms with Crippen molar-refractivity contribution in [3.05, 3.63) is 29.5 Å². The molecule has 0 spiro atoms. The highest BCUT2D eigenvalue weighted by Crippen LogP contribution is 2.35. The predicted octanol–water partition coefficient (Wildman–Crippen LogP) is -0.119. The number of aromatic nitrogens is 4. The lowest BCUT2D eigenvalue weighted by Crippen LogP contribution is -2.66. The SMILES string of the molecule is Nc1cc(C(F)F)c(-c2nc(C34COCC(COC3)N4)nc(C34COCC(COC3)N4)n2)cn1. The summed E-state index contributed by atoms with van der Waals surface area (Å²) in [6.45, 7) is 3.07. The van der Waals surface area contributed by atoms with Crippen LogP contribution in [0.15, 0.2) is 12.3 Å². The molecule has 0 radical (unpaired) electrons. The minimum Gasteiger partial charge on any atom is -0.384 e. The molecule has 4 aliphatic heterocycles. The molecule has 34 heavy (non-hydrogen) atoms. The van der Waals surface area contributed by atoms with Crippen molar-refractivity contribution in [3.8, 4) is 11.4 Å². The number of hydrogen-bond acceptors (Lipinski definition) is 11. The molecule has 2 aromatic rings. The molecule has 4 bridgehead atoms. The number of nitrogens with one attached hydrogen (secondary N) is 2. The van der Waals surface area contributed by atoms with Crippen LogP contribution in [0.1, 0.15) is 23.6 Å². The Morgan fingerprint density at radius 1 is 0.853 bits per heavy atom. The first-order valence-electron chi connectivity index (χ1n) is 11.1. The molecular formula is C21H25F2N7O4. The third-order valence-electron chi connectivity index (χ3n) is 6.56. The van der Waals surface area contributed by atoms with Gasteiger partial charge in [0, 0.05) is 17.3 Å². The lowest BCUT2D eigenvalue weighted by Gasteiger charge is -2.46. The highest BCUT2D eigenvalue weighted by Gasteiger charge is 2.48. The van der Waals surface area contributed by atoms with Crippen LogP contribution in [-0.2, 0) is 30.0 Å². The third-order valence-corrected chi connectivity index (χ3v) is 6.56. The van der Waals surface area contributed by atoms with Crippen molar-refractivity contribution in [1.29, 1.82) is 0 Å². The summed E-state index contributed by atoms with van der Waals surface area (Å²) >= 11 is 0. The van der Waals surface area contributed by atoms with E-state index in [2.05, 4.69) is 25.6 Å². The normalized spacial score (nSPS) is 33.1. The molecule has 4 fully saturated rings. The summed E-state index contributed by atoms with van der Waals surface area (Å²) in [7, 11) is 0. The van der Waals surface area contributed by atoms with Gasteiger partial charge in [-0.25, -0.2) is 28.7 Å². The van der Waals surface area contributed by atoms with Gasteiger partial charge in [0.15, 0.2) is 17.5 Å².